The van der Waals surface area contributed by atoms with Crippen LogP contribution in [-0.4, -0.2) is 53.0 Å². The number of imide groups is 1. The zero-order valence-electron chi connectivity index (χ0n) is 16.3. The number of amides is 4. The van der Waals surface area contributed by atoms with E-state index in [1.54, 1.807) is 44.2 Å². The molecule has 6 nitrogen and oxygen atoms in total. The average Bonchev–Trinajstić information content (AvgIpc) is 3.49. The van der Waals surface area contributed by atoms with Gasteiger partial charge >= 0.3 is 12.2 Å². The molecule has 9 heteroatoms. The highest BCUT2D eigenvalue weighted by Gasteiger charge is 2.52. The average molecular weight is 411 g/mol. The topological polar surface area (TPSA) is 69.7 Å². The van der Waals surface area contributed by atoms with Crippen LogP contribution in [0.3, 0.4) is 0 Å². The standard InChI is InChI=1S/C20H24F3N3O3/c1-3-19(15-7-5-4-6-8-15)17(28)25(18(29)24-19)11-16(27)26(12-20(21,22)23)13(2)14-9-10-14/h4-8,13-14H,3,9-12H2,1-2H3,(H,24,29)/t13-,19+/m0/s1. The first kappa shape index (κ1) is 21.1. The number of carbonyl (C=O) groups is 3. The Morgan fingerprint density at radius 2 is 1.90 bits per heavy atom. The lowest BCUT2D eigenvalue weighted by molar-refractivity contribution is -0.166. The van der Waals surface area contributed by atoms with Crippen molar-refractivity contribution in [3.05, 3.63) is 35.9 Å². The third kappa shape index (κ3) is 4.23. The van der Waals surface area contributed by atoms with Gasteiger partial charge in [0.2, 0.25) is 5.91 Å². The normalized spacial score (nSPS) is 23.1. The number of urea groups is 1. The van der Waals surface area contributed by atoms with Crippen molar-refractivity contribution in [1.29, 1.82) is 0 Å². The molecule has 0 spiro atoms. The summed E-state index contributed by atoms with van der Waals surface area (Å²) in [7, 11) is 0. The predicted molar refractivity (Wildman–Crippen MR) is 98.6 cm³/mol. The van der Waals surface area contributed by atoms with Crippen molar-refractivity contribution in [3.63, 3.8) is 0 Å². The smallest absolute Gasteiger partial charge is 0.329 e. The van der Waals surface area contributed by atoms with Gasteiger partial charge in [-0.2, -0.15) is 13.2 Å². The van der Waals surface area contributed by atoms with Gasteiger partial charge in [0.1, 0.15) is 18.6 Å². The Bertz CT molecular complexity index is 795. The maximum Gasteiger partial charge on any atom is 0.406 e. The summed E-state index contributed by atoms with van der Waals surface area (Å²) in [5.74, 6) is -1.50. The second kappa shape index (κ2) is 7.68. The summed E-state index contributed by atoms with van der Waals surface area (Å²) < 4.78 is 39.1. The molecule has 2 atom stereocenters. The molecule has 1 saturated heterocycles. The summed E-state index contributed by atoms with van der Waals surface area (Å²) in [5, 5.41) is 2.63. The molecule has 1 aliphatic heterocycles. The van der Waals surface area contributed by atoms with E-state index in [4.69, 9.17) is 0 Å². The lowest BCUT2D eigenvalue weighted by atomic mass is 9.87. The Kier molecular flexibility index (Phi) is 5.60. The molecule has 1 N–H and O–H groups in total. The molecule has 0 unspecified atom stereocenters. The fourth-order valence-electron chi connectivity index (χ4n) is 3.84. The highest BCUT2D eigenvalue weighted by Crippen LogP contribution is 2.37. The molecule has 3 rings (SSSR count). The van der Waals surface area contributed by atoms with Crippen molar-refractivity contribution < 1.29 is 27.6 Å². The van der Waals surface area contributed by atoms with Gasteiger partial charge in [-0.1, -0.05) is 37.3 Å². The molecule has 0 radical (unpaired) electrons. The first-order chi connectivity index (χ1) is 13.6. The lowest BCUT2D eigenvalue weighted by Crippen LogP contribution is -2.50. The number of alkyl halides is 3. The summed E-state index contributed by atoms with van der Waals surface area (Å²) in [6, 6.07) is 7.22. The van der Waals surface area contributed by atoms with Gasteiger partial charge < -0.3 is 10.2 Å². The van der Waals surface area contributed by atoms with Crippen LogP contribution in [0.4, 0.5) is 18.0 Å². The summed E-state index contributed by atoms with van der Waals surface area (Å²) in [4.78, 5) is 39.8. The zero-order chi connectivity index (χ0) is 21.4. The van der Waals surface area contributed by atoms with Gasteiger partial charge in [0.05, 0.1) is 0 Å². The SMILES string of the molecule is CC[C@]1(c2ccccc2)NC(=O)N(CC(=O)N(CC(F)(F)F)[C@@H](C)C2CC2)C1=O. The van der Waals surface area contributed by atoms with Crippen molar-refractivity contribution in [1.82, 2.24) is 15.1 Å². The zero-order valence-corrected chi connectivity index (χ0v) is 16.3. The first-order valence-electron chi connectivity index (χ1n) is 9.65. The monoisotopic (exact) mass is 411 g/mol. The minimum absolute atomic E-state index is 0.0171. The van der Waals surface area contributed by atoms with Crippen LogP contribution in [0, 0.1) is 5.92 Å². The lowest BCUT2D eigenvalue weighted by Gasteiger charge is -2.31. The van der Waals surface area contributed by atoms with Gasteiger partial charge in [-0.15, -0.1) is 0 Å². The Hall–Kier alpha value is -2.58. The molecule has 1 aliphatic carbocycles. The van der Waals surface area contributed by atoms with Crippen molar-refractivity contribution in [2.24, 2.45) is 5.92 Å². The molecular formula is C20H24F3N3O3. The van der Waals surface area contributed by atoms with E-state index in [1.165, 1.54) is 0 Å². The summed E-state index contributed by atoms with van der Waals surface area (Å²) >= 11 is 0. The molecule has 0 aromatic heterocycles. The van der Waals surface area contributed by atoms with E-state index in [9.17, 15) is 27.6 Å². The Labute approximate surface area is 167 Å². The summed E-state index contributed by atoms with van der Waals surface area (Å²) in [5.41, 5.74) is -0.760. The van der Waals surface area contributed by atoms with Gasteiger partial charge in [0.15, 0.2) is 0 Å². The third-order valence-corrected chi connectivity index (χ3v) is 5.73. The van der Waals surface area contributed by atoms with Gasteiger partial charge in [0, 0.05) is 6.04 Å². The highest BCUT2D eigenvalue weighted by atomic mass is 19.4. The molecule has 2 fully saturated rings. The maximum atomic E-state index is 13.1. The predicted octanol–water partition coefficient (Wildman–Crippen LogP) is 3.03. The van der Waals surface area contributed by atoms with Crippen LogP contribution in [0.25, 0.3) is 0 Å². The van der Waals surface area contributed by atoms with E-state index in [2.05, 4.69) is 5.32 Å². The van der Waals surface area contributed by atoms with E-state index in [0.29, 0.717) is 5.56 Å². The number of rotatable bonds is 7. The first-order valence-corrected chi connectivity index (χ1v) is 9.65. The van der Waals surface area contributed by atoms with E-state index in [0.717, 1.165) is 22.6 Å². The number of nitrogens with zero attached hydrogens (tertiary/aromatic N) is 2. The van der Waals surface area contributed by atoms with Gasteiger partial charge in [-0.05, 0) is 37.7 Å². The van der Waals surface area contributed by atoms with E-state index >= 15 is 0 Å². The maximum absolute atomic E-state index is 13.1. The van der Waals surface area contributed by atoms with Crippen LogP contribution in [0.1, 0.15) is 38.7 Å². The Morgan fingerprint density at radius 1 is 1.28 bits per heavy atom. The van der Waals surface area contributed by atoms with Crippen LogP contribution in [0.2, 0.25) is 0 Å². The fourth-order valence-corrected chi connectivity index (χ4v) is 3.84. The summed E-state index contributed by atoms with van der Waals surface area (Å²) in [6.45, 7) is 1.19. The van der Waals surface area contributed by atoms with Crippen molar-refractivity contribution in [2.45, 2.75) is 50.9 Å². The molecule has 1 aromatic rings. The fraction of sp³-hybridized carbons (Fsp3) is 0.550. The van der Waals surface area contributed by atoms with Crippen LogP contribution in [0.15, 0.2) is 30.3 Å². The largest absolute Gasteiger partial charge is 0.406 e. The van der Waals surface area contributed by atoms with Crippen molar-refractivity contribution >= 4 is 17.8 Å². The minimum Gasteiger partial charge on any atom is -0.329 e. The summed E-state index contributed by atoms with van der Waals surface area (Å²) in [6.07, 6.45) is -2.79. The van der Waals surface area contributed by atoms with Gasteiger partial charge in [0.25, 0.3) is 5.91 Å². The van der Waals surface area contributed by atoms with Crippen LogP contribution < -0.4 is 5.32 Å². The molecule has 1 saturated carbocycles. The van der Waals surface area contributed by atoms with Crippen LogP contribution in [0.5, 0.6) is 0 Å². The minimum atomic E-state index is -4.56. The van der Waals surface area contributed by atoms with Crippen molar-refractivity contribution in [2.75, 3.05) is 13.1 Å². The van der Waals surface area contributed by atoms with E-state index in [-0.39, 0.29) is 12.3 Å². The van der Waals surface area contributed by atoms with Crippen molar-refractivity contribution in [3.8, 4) is 0 Å². The second-order valence-corrected chi connectivity index (χ2v) is 7.66. The number of nitrogens with one attached hydrogen (secondary N) is 1. The quantitative estimate of drug-likeness (QED) is 0.702. The van der Waals surface area contributed by atoms with E-state index < -0.39 is 48.7 Å². The number of carbonyl (C=O) groups excluding carboxylic acids is 3. The number of hydrogen-bond acceptors (Lipinski definition) is 3. The molecule has 29 heavy (non-hydrogen) atoms. The number of benzene rings is 1. The second-order valence-electron chi connectivity index (χ2n) is 7.66. The number of hydrogen-bond donors (Lipinski definition) is 1. The Balaban J connectivity index is 1.81. The molecule has 1 aromatic carbocycles. The van der Waals surface area contributed by atoms with Gasteiger partial charge in [-0.3, -0.25) is 14.5 Å². The molecular weight excluding hydrogens is 387 g/mol. The van der Waals surface area contributed by atoms with E-state index in [1.807, 2.05) is 0 Å². The third-order valence-electron chi connectivity index (χ3n) is 5.73. The number of halogens is 3. The van der Waals surface area contributed by atoms with Crippen LogP contribution >= 0.6 is 0 Å². The molecule has 0 bridgehead atoms. The molecule has 2 aliphatic rings. The molecule has 4 amide bonds. The van der Waals surface area contributed by atoms with Crippen LogP contribution in [-0.2, 0) is 15.1 Å². The highest BCUT2D eigenvalue weighted by molar-refractivity contribution is 6.09. The molecule has 1 heterocycles. The Morgan fingerprint density at radius 3 is 2.41 bits per heavy atom. The molecule has 158 valence electrons. The van der Waals surface area contributed by atoms with Gasteiger partial charge in [-0.25, -0.2) is 4.79 Å².